The first-order chi connectivity index (χ1) is 7.47. The lowest BCUT2D eigenvalue weighted by Crippen LogP contribution is -2.32. The minimum Gasteiger partial charge on any atom is -0.350 e. The van der Waals surface area contributed by atoms with Crippen LogP contribution in [0.3, 0.4) is 0 Å². The molecule has 1 aromatic rings. The average molecular weight is 231 g/mol. The fourth-order valence-electron chi connectivity index (χ4n) is 1.10. The Bertz CT molecular complexity index is 406. The first-order valence-electron chi connectivity index (χ1n) is 4.91. The van der Waals surface area contributed by atoms with E-state index in [1.165, 1.54) is 0 Å². The maximum Gasteiger partial charge on any atom is 0.254 e. The zero-order valence-corrected chi connectivity index (χ0v) is 8.98. The average Bonchev–Trinajstić information content (AvgIpc) is 2.25. The molecular formula is C11H12F3NO. The number of nitrogens with one attached hydrogen (secondary N) is 1. The molecule has 0 aliphatic rings. The van der Waals surface area contributed by atoms with Gasteiger partial charge in [0, 0.05) is 6.04 Å². The van der Waals surface area contributed by atoms with E-state index in [-0.39, 0.29) is 6.04 Å². The molecule has 0 heterocycles. The molecule has 0 aromatic heterocycles. The topological polar surface area (TPSA) is 29.1 Å². The van der Waals surface area contributed by atoms with Gasteiger partial charge in [0.25, 0.3) is 5.91 Å². The van der Waals surface area contributed by atoms with Gasteiger partial charge in [-0.2, -0.15) is 0 Å². The monoisotopic (exact) mass is 231 g/mol. The molecule has 1 aromatic carbocycles. The summed E-state index contributed by atoms with van der Waals surface area (Å²) in [6.45, 7) is 3.57. The number of amides is 1. The Morgan fingerprint density at radius 2 is 1.94 bits per heavy atom. The van der Waals surface area contributed by atoms with Crippen LogP contribution >= 0.6 is 0 Å². The van der Waals surface area contributed by atoms with Gasteiger partial charge in [0.2, 0.25) is 0 Å². The molecule has 0 radical (unpaired) electrons. The fraction of sp³-hybridized carbons (Fsp3) is 0.364. The van der Waals surface area contributed by atoms with Crippen LogP contribution in [0.4, 0.5) is 13.2 Å². The van der Waals surface area contributed by atoms with Crippen LogP contribution < -0.4 is 5.32 Å². The summed E-state index contributed by atoms with van der Waals surface area (Å²) in [6.07, 6.45) is 0.664. The van der Waals surface area contributed by atoms with E-state index in [9.17, 15) is 18.0 Å². The Balaban J connectivity index is 2.97. The van der Waals surface area contributed by atoms with Crippen LogP contribution in [0.1, 0.15) is 30.6 Å². The van der Waals surface area contributed by atoms with Crippen LogP contribution in [0.2, 0.25) is 0 Å². The second-order valence-corrected chi connectivity index (χ2v) is 3.51. The SMILES string of the molecule is CC[C@@H](C)NC(=O)c1ccc(F)c(F)c1F. The van der Waals surface area contributed by atoms with Gasteiger partial charge in [-0.3, -0.25) is 4.79 Å². The molecule has 1 rings (SSSR count). The van der Waals surface area contributed by atoms with E-state index in [1.54, 1.807) is 6.92 Å². The van der Waals surface area contributed by atoms with Gasteiger partial charge < -0.3 is 5.32 Å². The molecule has 0 aliphatic carbocycles. The van der Waals surface area contributed by atoms with Gasteiger partial charge in [0.15, 0.2) is 17.5 Å². The first-order valence-corrected chi connectivity index (χ1v) is 4.91. The minimum absolute atomic E-state index is 0.153. The van der Waals surface area contributed by atoms with Crippen molar-refractivity contribution in [2.24, 2.45) is 0 Å². The smallest absolute Gasteiger partial charge is 0.254 e. The Hall–Kier alpha value is -1.52. The normalized spacial score (nSPS) is 12.3. The van der Waals surface area contributed by atoms with Gasteiger partial charge in [-0.15, -0.1) is 0 Å². The molecule has 0 fully saturated rings. The van der Waals surface area contributed by atoms with Crippen molar-refractivity contribution in [3.05, 3.63) is 35.1 Å². The van der Waals surface area contributed by atoms with Crippen molar-refractivity contribution < 1.29 is 18.0 Å². The molecule has 16 heavy (non-hydrogen) atoms. The standard InChI is InChI=1S/C11H12F3NO/c1-3-6(2)15-11(16)7-4-5-8(12)10(14)9(7)13/h4-6H,3H2,1-2H3,(H,15,16)/t6-/m1/s1. The van der Waals surface area contributed by atoms with Crippen molar-refractivity contribution in [1.29, 1.82) is 0 Å². The molecule has 1 N–H and O–H groups in total. The molecule has 2 nitrogen and oxygen atoms in total. The number of hydrogen-bond acceptors (Lipinski definition) is 1. The molecule has 1 amide bonds. The molecule has 0 bridgehead atoms. The molecular weight excluding hydrogens is 219 g/mol. The van der Waals surface area contributed by atoms with Gasteiger partial charge >= 0.3 is 0 Å². The van der Waals surface area contributed by atoms with Gasteiger partial charge in [-0.05, 0) is 25.5 Å². The Morgan fingerprint density at radius 1 is 1.31 bits per heavy atom. The van der Waals surface area contributed by atoms with Gasteiger partial charge in [-0.25, -0.2) is 13.2 Å². The van der Waals surface area contributed by atoms with Crippen molar-refractivity contribution in [1.82, 2.24) is 5.32 Å². The highest BCUT2D eigenvalue weighted by Gasteiger charge is 2.19. The second-order valence-electron chi connectivity index (χ2n) is 3.51. The fourth-order valence-corrected chi connectivity index (χ4v) is 1.10. The molecule has 1 atom stereocenters. The van der Waals surface area contributed by atoms with Crippen LogP contribution in [0.25, 0.3) is 0 Å². The highest BCUT2D eigenvalue weighted by Crippen LogP contribution is 2.15. The van der Waals surface area contributed by atoms with Crippen LogP contribution in [-0.4, -0.2) is 11.9 Å². The maximum atomic E-state index is 13.2. The molecule has 5 heteroatoms. The van der Waals surface area contributed by atoms with Crippen molar-refractivity contribution in [3.63, 3.8) is 0 Å². The van der Waals surface area contributed by atoms with Gasteiger partial charge in [0.05, 0.1) is 5.56 Å². The summed E-state index contributed by atoms with van der Waals surface area (Å²) in [6, 6.07) is 1.50. The predicted octanol–water partition coefficient (Wildman–Crippen LogP) is 2.63. The summed E-state index contributed by atoms with van der Waals surface area (Å²) in [5, 5.41) is 2.47. The Kier molecular flexibility index (Phi) is 3.93. The lowest BCUT2D eigenvalue weighted by Gasteiger charge is -2.11. The number of rotatable bonds is 3. The quantitative estimate of drug-likeness (QED) is 0.796. The third-order valence-electron chi connectivity index (χ3n) is 2.27. The first kappa shape index (κ1) is 12.5. The summed E-state index contributed by atoms with van der Waals surface area (Å²) in [5.41, 5.74) is -0.487. The summed E-state index contributed by atoms with van der Waals surface area (Å²) in [7, 11) is 0. The number of benzene rings is 1. The predicted molar refractivity (Wildman–Crippen MR) is 53.5 cm³/mol. The number of carbonyl (C=O) groups excluding carboxylic acids is 1. The molecule has 0 saturated heterocycles. The van der Waals surface area contributed by atoms with E-state index in [0.717, 1.165) is 12.1 Å². The molecule has 0 aliphatic heterocycles. The molecule has 88 valence electrons. The van der Waals surface area contributed by atoms with E-state index in [0.29, 0.717) is 6.42 Å². The largest absolute Gasteiger partial charge is 0.350 e. The zero-order valence-electron chi connectivity index (χ0n) is 8.98. The molecule has 0 saturated carbocycles. The van der Waals surface area contributed by atoms with Gasteiger partial charge in [-0.1, -0.05) is 6.92 Å². The minimum atomic E-state index is -1.63. The van der Waals surface area contributed by atoms with Crippen molar-refractivity contribution in [2.45, 2.75) is 26.3 Å². The summed E-state index contributed by atoms with van der Waals surface area (Å²) < 4.78 is 38.6. The van der Waals surface area contributed by atoms with Crippen LogP contribution in [-0.2, 0) is 0 Å². The lowest BCUT2D eigenvalue weighted by molar-refractivity contribution is 0.0934. The van der Waals surface area contributed by atoms with E-state index < -0.39 is 28.9 Å². The van der Waals surface area contributed by atoms with E-state index in [4.69, 9.17) is 0 Å². The van der Waals surface area contributed by atoms with E-state index in [1.807, 2.05) is 6.92 Å². The molecule has 0 spiro atoms. The van der Waals surface area contributed by atoms with E-state index in [2.05, 4.69) is 5.32 Å². The Morgan fingerprint density at radius 3 is 2.50 bits per heavy atom. The summed E-state index contributed by atoms with van der Waals surface area (Å²) in [4.78, 5) is 11.5. The van der Waals surface area contributed by atoms with Gasteiger partial charge in [0.1, 0.15) is 0 Å². The summed E-state index contributed by atoms with van der Waals surface area (Å²) >= 11 is 0. The van der Waals surface area contributed by atoms with Crippen LogP contribution in [0.15, 0.2) is 12.1 Å². The second kappa shape index (κ2) is 5.01. The maximum absolute atomic E-state index is 13.2. The molecule has 0 unspecified atom stereocenters. The number of hydrogen-bond donors (Lipinski definition) is 1. The lowest BCUT2D eigenvalue weighted by atomic mass is 10.1. The van der Waals surface area contributed by atoms with Crippen molar-refractivity contribution in [2.75, 3.05) is 0 Å². The number of carbonyl (C=O) groups is 1. The Labute approximate surface area is 91.5 Å². The van der Waals surface area contributed by atoms with E-state index >= 15 is 0 Å². The van der Waals surface area contributed by atoms with Crippen molar-refractivity contribution in [3.8, 4) is 0 Å². The van der Waals surface area contributed by atoms with Crippen LogP contribution in [0.5, 0.6) is 0 Å². The van der Waals surface area contributed by atoms with Crippen LogP contribution in [0, 0.1) is 17.5 Å². The highest BCUT2D eigenvalue weighted by atomic mass is 19.2. The third kappa shape index (κ3) is 2.53. The third-order valence-corrected chi connectivity index (χ3v) is 2.27. The summed E-state index contributed by atoms with van der Waals surface area (Å²) in [5.74, 6) is -5.14. The zero-order chi connectivity index (χ0) is 12.3. The highest BCUT2D eigenvalue weighted by molar-refractivity contribution is 5.94. The number of halogens is 3. The van der Waals surface area contributed by atoms with Crippen molar-refractivity contribution >= 4 is 5.91 Å².